The molecule has 21 heavy (non-hydrogen) atoms. The van der Waals surface area contributed by atoms with Crippen LogP contribution in [0.1, 0.15) is 10.8 Å². The van der Waals surface area contributed by atoms with Crippen molar-refractivity contribution in [1.29, 1.82) is 0 Å². The molecule has 6 heteroatoms. The molecular formula is C15H16N2O3S. The van der Waals surface area contributed by atoms with Crippen LogP contribution in [-0.2, 0) is 0 Å². The Labute approximate surface area is 127 Å². The number of methoxy groups -OCH3 is 1. The van der Waals surface area contributed by atoms with Crippen LogP contribution in [-0.4, -0.2) is 18.6 Å². The predicted molar refractivity (Wildman–Crippen MR) is 84.3 cm³/mol. The SMILES string of the molecule is COc1ccc(C(C[N+](=O)[O-])Sc2ccc(N)cc2)cc1. The van der Waals surface area contributed by atoms with Crippen molar-refractivity contribution in [3.63, 3.8) is 0 Å². The fraction of sp³-hybridized carbons (Fsp3) is 0.200. The van der Waals surface area contributed by atoms with Gasteiger partial charge in [-0.25, -0.2) is 0 Å². The summed E-state index contributed by atoms with van der Waals surface area (Å²) in [5, 5.41) is 10.6. The van der Waals surface area contributed by atoms with E-state index in [1.165, 1.54) is 11.8 Å². The van der Waals surface area contributed by atoms with E-state index in [2.05, 4.69) is 0 Å². The number of nitro groups is 1. The normalized spacial score (nSPS) is 11.9. The smallest absolute Gasteiger partial charge is 0.220 e. The molecule has 0 aromatic heterocycles. The highest BCUT2D eigenvalue weighted by Crippen LogP contribution is 2.36. The summed E-state index contributed by atoms with van der Waals surface area (Å²) in [5.74, 6) is 0.732. The molecule has 2 aromatic carbocycles. The fourth-order valence-corrected chi connectivity index (χ4v) is 2.99. The number of hydrogen-bond acceptors (Lipinski definition) is 5. The first-order valence-corrected chi connectivity index (χ1v) is 7.24. The number of rotatable bonds is 6. The molecule has 0 bridgehead atoms. The van der Waals surface area contributed by atoms with Crippen molar-refractivity contribution in [1.82, 2.24) is 0 Å². The summed E-state index contributed by atoms with van der Waals surface area (Å²) in [5.41, 5.74) is 7.22. The Balaban J connectivity index is 2.20. The molecule has 0 aliphatic heterocycles. The molecule has 2 rings (SSSR count). The van der Waals surface area contributed by atoms with Crippen LogP contribution >= 0.6 is 11.8 Å². The monoisotopic (exact) mass is 304 g/mol. The van der Waals surface area contributed by atoms with Gasteiger partial charge in [0.2, 0.25) is 6.54 Å². The van der Waals surface area contributed by atoms with Gasteiger partial charge in [-0.15, -0.1) is 11.8 Å². The molecule has 0 saturated heterocycles. The molecule has 0 aliphatic rings. The summed E-state index contributed by atoms with van der Waals surface area (Å²) in [6.07, 6.45) is 0. The minimum atomic E-state index is -0.292. The zero-order chi connectivity index (χ0) is 15.2. The number of nitrogen functional groups attached to an aromatic ring is 1. The Morgan fingerprint density at radius 2 is 1.81 bits per heavy atom. The second-order valence-corrected chi connectivity index (χ2v) is 5.74. The van der Waals surface area contributed by atoms with E-state index >= 15 is 0 Å². The number of nitrogens with two attached hydrogens (primary N) is 1. The zero-order valence-corrected chi connectivity index (χ0v) is 12.4. The number of hydrogen-bond donors (Lipinski definition) is 1. The Morgan fingerprint density at radius 3 is 2.33 bits per heavy atom. The van der Waals surface area contributed by atoms with Gasteiger partial charge in [0.15, 0.2) is 0 Å². The molecule has 5 nitrogen and oxygen atoms in total. The quantitative estimate of drug-likeness (QED) is 0.383. The van der Waals surface area contributed by atoms with Gasteiger partial charge in [-0.2, -0.15) is 0 Å². The van der Waals surface area contributed by atoms with Crippen molar-refractivity contribution in [2.45, 2.75) is 10.1 Å². The number of nitrogens with zero attached hydrogens (tertiary/aromatic N) is 1. The number of ether oxygens (including phenoxy) is 1. The first-order valence-electron chi connectivity index (χ1n) is 6.36. The van der Waals surface area contributed by atoms with Gasteiger partial charge >= 0.3 is 0 Å². The Bertz CT molecular complexity index is 599. The molecule has 0 fully saturated rings. The highest BCUT2D eigenvalue weighted by Gasteiger charge is 2.19. The molecule has 0 spiro atoms. The van der Waals surface area contributed by atoms with Crippen molar-refractivity contribution in [3.8, 4) is 5.75 Å². The van der Waals surface area contributed by atoms with Crippen LogP contribution in [0, 0.1) is 10.1 Å². The third kappa shape index (κ3) is 4.39. The molecule has 1 unspecified atom stereocenters. The number of anilines is 1. The van der Waals surface area contributed by atoms with Crippen LogP contribution in [0.5, 0.6) is 5.75 Å². The highest BCUT2D eigenvalue weighted by molar-refractivity contribution is 7.99. The zero-order valence-electron chi connectivity index (χ0n) is 11.6. The standard InChI is InChI=1S/C15H16N2O3S/c1-20-13-6-2-11(3-7-13)15(10-17(18)19)21-14-8-4-12(16)5-9-14/h2-9,15H,10,16H2,1H3. The summed E-state index contributed by atoms with van der Waals surface area (Å²) in [6, 6.07) is 14.7. The molecule has 0 radical (unpaired) electrons. The van der Waals surface area contributed by atoms with Gasteiger partial charge in [-0.3, -0.25) is 10.1 Å². The summed E-state index contributed by atoms with van der Waals surface area (Å²) in [7, 11) is 1.59. The summed E-state index contributed by atoms with van der Waals surface area (Å²) >= 11 is 1.45. The number of benzene rings is 2. The van der Waals surface area contributed by atoms with Crippen LogP contribution in [0.2, 0.25) is 0 Å². The van der Waals surface area contributed by atoms with Crippen LogP contribution in [0.3, 0.4) is 0 Å². The molecule has 1 atom stereocenters. The average molecular weight is 304 g/mol. The average Bonchev–Trinajstić information content (AvgIpc) is 2.48. The third-order valence-electron chi connectivity index (χ3n) is 2.96. The number of thioether (sulfide) groups is 1. The molecule has 2 N–H and O–H groups in total. The van der Waals surface area contributed by atoms with E-state index in [9.17, 15) is 10.1 Å². The second kappa shape index (κ2) is 6.99. The van der Waals surface area contributed by atoms with Crippen molar-refractivity contribution < 1.29 is 9.66 Å². The molecule has 0 amide bonds. The minimum Gasteiger partial charge on any atom is -0.497 e. The summed E-state index contributed by atoms with van der Waals surface area (Å²) in [6.45, 7) is -0.138. The summed E-state index contributed by atoms with van der Waals surface area (Å²) < 4.78 is 5.11. The fourth-order valence-electron chi connectivity index (χ4n) is 1.88. The van der Waals surface area contributed by atoms with E-state index in [0.717, 1.165) is 16.2 Å². The van der Waals surface area contributed by atoms with Gasteiger partial charge in [0.1, 0.15) is 5.75 Å². The molecule has 0 saturated carbocycles. The van der Waals surface area contributed by atoms with Crippen LogP contribution in [0.15, 0.2) is 53.4 Å². The van der Waals surface area contributed by atoms with Gasteiger partial charge in [-0.05, 0) is 42.0 Å². The maximum atomic E-state index is 10.9. The Kier molecular flexibility index (Phi) is 5.05. The maximum Gasteiger partial charge on any atom is 0.220 e. The van der Waals surface area contributed by atoms with E-state index in [1.54, 1.807) is 19.2 Å². The molecule has 0 aliphatic carbocycles. The largest absolute Gasteiger partial charge is 0.497 e. The van der Waals surface area contributed by atoms with Gasteiger partial charge in [0.25, 0.3) is 0 Å². The molecule has 110 valence electrons. The molecular weight excluding hydrogens is 288 g/mol. The van der Waals surface area contributed by atoms with Gasteiger partial charge in [0.05, 0.1) is 12.4 Å². The van der Waals surface area contributed by atoms with Crippen molar-refractivity contribution >= 4 is 17.4 Å². The lowest BCUT2D eigenvalue weighted by Crippen LogP contribution is -2.09. The maximum absolute atomic E-state index is 10.9. The van der Waals surface area contributed by atoms with Crippen molar-refractivity contribution in [2.75, 3.05) is 19.4 Å². The molecule has 2 aromatic rings. The van der Waals surface area contributed by atoms with Crippen LogP contribution in [0.25, 0.3) is 0 Å². The van der Waals surface area contributed by atoms with E-state index in [0.29, 0.717) is 5.69 Å². The predicted octanol–water partition coefficient (Wildman–Crippen LogP) is 3.39. The highest BCUT2D eigenvalue weighted by atomic mass is 32.2. The first kappa shape index (κ1) is 15.2. The lowest BCUT2D eigenvalue weighted by molar-refractivity contribution is -0.479. The Hall–Kier alpha value is -2.21. The van der Waals surface area contributed by atoms with Crippen LogP contribution in [0.4, 0.5) is 5.69 Å². The van der Waals surface area contributed by atoms with Gasteiger partial charge in [-0.1, -0.05) is 12.1 Å². The van der Waals surface area contributed by atoms with Gasteiger partial charge < -0.3 is 10.5 Å². The Morgan fingerprint density at radius 1 is 1.19 bits per heavy atom. The van der Waals surface area contributed by atoms with E-state index in [1.807, 2.05) is 36.4 Å². The second-order valence-electron chi connectivity index (χ2n) is 4.46. The van der Waals surface area contributed by atoms with Gasteiger partial charge in [0, 0.05) is 15.5 Å². The summed E-state index contributed by atoms with van der Waals surface area (Å²) in [4.78, 5) is 11.6. The minimum absolute atomic E-state index is 0.138. The first-order chi connectivity index (χ1) is 10.1. The van der Waals surface area contributed by atoms with E-state index < -0.39 is 0 Å². The van der Waals surface area contributed by atoms with E-state index in [-0.39, 0.29) is 16.7 Å². The third-order valence-corrected chi connectivity index (χ3v) is 4.21. The topological polar surface area (TPSA) is 78.4 Å². The van der Waals surface area contributed by atoms with Crippen molar-refractivity contribution in [2.24, 2.45) is 0 Å². The van der Waals surface area contributed by atoms with Crippen LogP contribution < -0.4 is 10.5 Å². The van der Waals surface area contributed by atoms with Crippen molar-refractivity contribution in [3.05, 3.63) is 64.2 Å². The lowest BCUT2D eigenvalue weighted by Gasteiger charge is -2.13. The lowest BCUT2D eigenvalue weighted by atomic mass is 10.1. The van der Waals surface area contributed by atoms with E-state index in [4.69, 9.17) is 10.5 Å². The molecule has 0 heterocycles.